The van der Waals surface area contributed by atoms with Crippen LogP contribution in [0.1, 0.15) is 74.7 Å². The van der Waals surface area contributed by atoms with Gasteiger partial charge in [0, 0.05) is 19.0 Å². The number of carbonyl (C=O) groups is 2. The lowest BCUT2D eigenvalue weighted by Gasteiger charge is -2.31. The van der Waals surface area contributed by atoms with Gasteiger partial charge in [-0.2, -0.15) is 0 Å². The first kappa shape index (κ1) is 34.2. The Morgan fingerprint density at radius 2 is 1.82 bits per heavy atom. The van der Waals surface area contributed by atoms with E-state index in [-0.39, 0.29) is 29.2 Å². The molecule has 0 bridgehead atoms. The third-order valence-corrected chi connectivity index (χ3v) is 11.0. The van der Waals surface area contributed by atoms with Crippen molar-refractivity contribution >= 4 is 39.1 Å². The van der Waals surface area contributed by atoms with Crippen molar-refractivity contribution in [3.05, 3.63) is 74.9 Å². The fraction of sp³-hybridized carbons (Fsp3) is 0.421. The number of benzene rings is 2. The van der Waals surface area contributed by atoms with E-state index in [1.807, 2.05) is 42.2 Å². The van der Waals surface area contributed by atoms with Gasteiger partial charge in [-0.25, -0.2) is 4.98 Å². The van der Waals surface area contributed by atoms with Crippen LogP contribution in [0.4, 0.5) is 5.69 Å². The fourth-order valence-electron chi connectivity index (χ4n) is 7.18. The third kappa shape index (κ3) is 6.56. The summed E-state index contributed by atoms with van der Waals surface area (Å²) in [4.78, 5) is 47.8. The maximum Gasteiger partial charge on any atom is 0.245 e. The van der Waals surface area contributed by atoms with E-state index in [1.165, 1.54) is 6.92 Å². The summed E-state index contributed by atoms with van der Waals surface area (Å²) in [6.45, 7) is 6.19. The Morgan fingerprint density at radius 3 is 2.51 bits per heavy atom. The summed E-state index contributed by atoms with van der Waals surface area (Å²) in [6, 6.07) is 14.0. The molecule has 4 atom stereocenters. The number of hydrogen-bond acceptors (Lipinski definition) is 9. The number of amides is 2. The van der Waals surface area contributed by atoms with Crippen molar-refractivity contribution in [3.8, 4) is 28.4 Å². The van der Waals surface area contributed by atoms with Crippen molar-refractivity contribution in [3.63, 3.8) is 0 Å². The molecule has 11 heteroatoms. The van der Waals surface area contributed by atoms with Crippen molar-refractivity contribution in [2.24, 2.45) is 5.92 Å². The molecule has 4 aromatic rings. The number of nitrogens with zero attached hydrogens (tertiary/aromatic N) is 2. The molecule has 1 saturated heterocycles. The lowest BCUT2D eigenvalue weighted by Crippen LogP contribution is -2.46. The van der Waals surface area contributed by atoms with Gasteiger partial charge in [0.05, 0.1) is 49.3 Å². The molecule has 2 heterocycles. The minimum atomic E-state index is -0.632. The smallest absolute Gasteiger partial charge is 0.245 e. The Balaban J connectivity index is 1.42. The van der Waals surface area contributed by atoms with Gasteiger partial charge in [-0.1, -0.05) is 38.5 Å². The predicted octanol–water partition coefficient (Wildman–Crippen LogP) is 6.66. The molecule has 6 rings (SSSR count). The number of aryl methyl sites for hydroxylation is 1. The second kappa shape index (κ2) is 14.5. The molecule has 1 aliphatic carbocycles. The van der Waals surface area contributed by atoms with Crippen molar-refractivity contribution in [2.45, 2.75) is 71.0 Å². The average molecular weight is 685 g/mol. The molecule has 1 aromatic heterocycles. The lowest BCUT2D eigenvalue weighted by molar-refractivity contribution is -0.134. The molecule has 49 heavy (non-hydrogen) atoms. The van der Waals surface area contributed by atoms with Crippen LogP contribution < -0.4 is 30.3 Å². The van der Waals surface area contributed by atoms with Crippen LogP contribution >= 0.6 is 11.3 Å². The molecule has 1 unspecified atom stereocenters. The van der Waals surface area contributed by atoms with Crippen LogP contribution in [-0.4, -0.2) is 55.6 Å². The number of rotatable bonds is 10. The molecule has 3 aromatic carbocycles. The standard InChI is InChI=1S/C38H44N4O6S/c1-7-21(2)34(38(45)42-18-10-12-29(42)37-41-28-11-8-9-13-32(28)49-37)40-27-17-15-24-25(20-30(27)44)26(39-22(3)43)16-14-23-19-31(46-4)35(47-5)36(48-6)33(23)24/h8-9,11,13,15,17,19-21,26,29,34H,7,10,12,14,16,18H2,1-6H3,(H,39,43)(H,40,44)/t21-,26+,29?,34+/m1/s1. The summed E-state index contributed by atoms with van der Waals surface area (Å²) in [6.07, 6.45) is 3.63. The number of thiazole rings is 1. The van der Waals surface area contributed by atoms with E-state index in [4.69, 9.17) is 19.2 Å². The van der Waals surface area contributed by atoms with Gasteiger partial charge in [0.25, 0.3) is 0 Å². The monoisotopic (exact) mass is 684 g/mol. The number of carbonyl (C=O) groups excluding carboxylic acids is 2. The molecule has 0 spiro atoms. The summed E-state index contributed by atoms with van der Waals surface area (Å²) < 4.78 is 18.4. The zero-order valence-corrected chi connectivity index (χ0v) is 29.7. The number of methoxy groups -OCH3 is 3. The zero-order chi connectivity index (χ0) is 34.8. The maximum absolute atomic E-state index is 14.4. The van der Waals surface area contributed by atoms with E-state index in [2.05, 4.69) is 23.6 Å². The minimum absolute atomic E-state index is 0.0384. The highest BCUT2D eigenvalue weighted by molar-refractivity contribution is 7.18. The molecular weight excluding hydrogens is 641 g/mol. The largest absolute Gasteiger partial charge is 0.493 e. The number of nitrogens with one attached hydrogen (secondary N) is 2. The summed E-state index contributed by atoms with van der Waals surface area (Å²) in [5, 5.41) is 7.39. The Kier molecular flexibility index (Phi) is 10.1. The van der Waals surface area contributed by atoms with Gasteiger partial charge < -0.3 is 29.7 Å². The average Bonchev–Trinajstić information content (AvgIpc) is 3.70. The Hall–Kier alpha value is -4.64. The molecule has 0 saturated carbocycles. The summed E-state index contributed by atoms with van der Waals surface area (Å²) in [5.41, 5.74) is 4.09. The van der Waals surface area contributed by atoms with Crippen LogP contribution in [0.2, 0.25) is 0 Å². The van der Waals surface area contributed by atoms with Crippen molar-refractivity contribution < 1.29 is 23.8 Å². The fourth-order valence-corrected chi connectivity index (χ4v) is 8.29. The molecule has 258 valence electrons. The van der Waals surface area contributed by atoms with Crippen LogP contribution in [0, 0.1) is 5.92 Å². The zero-order valence-electron chi connectivity index (χ0n) is 28.9. The van der Waals surface area contributed by atoms with Crippen LogP contribution in [-0.2, 0) is 16.0 Å². The normalized spacial score (nSPS) is 18.1. The number of hydrogen-bond donors (Lipinski definition) is 2. The highest BCUT2D eigenvalue weighted by atomic mass is 32.1. The number of ether oxygens (including phenoxy) is 3. The molecular formula is C38H44N4O6S. The van der Waals surface area contributed by atoms with Crippen LogP contribution in [0.15, 0.2) is 53.3 Å². The quantitative estimate of drug-likeness (QED) is 0.190. The second-order valence-electron chi connectivity index (χ2n) is 12.8. The summed E-state index contributed by atoms with van der Waals surface area (Å²) >= 11 is 1.64. The van der Waals surface area contributed by atoms with E-state index >= 15 is 0 Å². The van der Waals surface area contributed by atoms with Gasteiger partial charge in [0.2, 0.25) is 23.0 Å². The van der Waals surface area contributed by atoms with E-state index in [0.29, 0.717) is 47.9 Å². The SMILES string of the molecule is CC[C@@H](C)[C@H](Nc1ccc2c(cc1=O)[C@@H](NC(C)=O)CCc1cc(OC)c(OC)c(OC)c1-2)C(=O)N1CCCC1c1nc2ccccc2s1. The Bertz CT molecular complexity index is 1910. The van der Waals surface area contributed by atoms with Gasteiger partial charge in [-0.3, -0.25) is 14.4 Å². The number of para-hydroxylation sites is 1. The van der Waals surface area contributed by atoms with Crippen molar-refractivity contribution in [2.75, 3.05) is 33.2 Å². The highest BCUT2D eigenvalue weighted by Gasteiger charge is 2.38. The third-order valence-electron chi connectivity index (χ3n) is 9.84. The van der Waals surface area contributed by atoms with Crippen molar-refractivity contribution in [1.29, 1.82) is 0 Å². The van der Waals surface area contributed by atoms with Crippen molar-refractivity contribution in [1.82, 2.24) is 15.2 Å². The van der Waals surface area contributed by atoms with Gasteiger partial charge in [0.1, 0.15) is 11.0 Å². The van der Waals surface area contributed by atoms with Gasteiger partial charge >= 0.3 is 0 Å². The van der Waals surface area contributed by atoms with E-state index in [9.17, 15) is 14.4 Å². The number of aromatic nitrogens is 1. The first-order chi connectivity index (χ1) is 23.7. The first-order valence-electron chi connectivity index (χ1n) is 16.9. The molecule has 1 aliphatic heterocycles. The number of likely N-dealkylation sites (tertiary alicyclic amines) is 1. The van der Waals surface area contributed by atoms with Gasteiger partial charge in [-0.15, -0.1) is 11.3 Å². The summed E-state index contributed by atoms with van der Waals surface area (Å²) in [7, 11) is 4.71. The molecule has 0 radical (unpaired) electrons. The van der Waals surface area contributed by atoms with Crippen LogP contribution in [0.25, 0.3) is 21.3 Å². The Labute approximate surface area is 290 Å². The topological polar surface area (TPSA) is 119 Å². The van der Waals surface area contributed by atoms with E-state index in [0.717, 1.165) is 51.2 Å². The first-order valence-corrected chi connectivity index (χ1v) is 17.7. The molecule has 10 nitrogen and oxygen atoms in total. The maximum atomic E-state index is 14.4. The molecule has 2 aliphatic rings. The van der Waals surface area contributed by atoms with Crippen LogP contribution in [0.3, 0.4) is 0 Å². The Morgan fingerprint density at radius 1 is 1.04 bits per heavy atom. The van der Waals surface area contributed by atoms with Crippen LogP contribution in [0.5, 0.6) is 17.2 Å². The van der Waals surface area contributed by atoms with Gasteiger partial charge in [-0.05, 0) is 78.6 Å². The predicted molar refractivity (Wildman–Crippen MR) is 193 cm³/mol. The number of fused-ring (bicyclic) bond motifs is 4. The number of anilines is 1. The van der Waals surface area contributed by atoms with E-state index in [1.54, 1.807) is 44.8 Å². The summed E-state index contributed by atoms with van der Waals surface area (Å²) in [5.74, 6) is 1.16. The minimum Gasteiger partial charge on any atom is -0.493 e. The second-order valence-corrected chi connectivity index (χ2v) is 13.9. The molecule has 2 N–H and O–H groups in total. The highest BCUT2D eigenvalue weighted by Crippen LogP contribution is 2.50. The van der Waals surface area contributed by atoms with Gasteiger partial charge in [0.15, 0.2) is 11.5 Å². The molecule has 1 fully saturated rings. The molecule has 2 amide bonds. The van der Waals surface area contributed by atoms with E-state index < -0.39 is 12.1 Å². The lowest BCUT2D eigenvalue weighted by atomic mass is 9.95.